The lowest BCUT2D eigenvalue weighted by Gasteiger charge is -2.03. The van der Waals surface area contributed by atoms with E-state index in [4.69, 9.17) is 23.2 Å². The maximum Gasteiger partial charge on any atom is 0.277 e. The number of nitrogens with zero attached hydrogens (tertiary/aromatic N) is 5. The number of hydrogen-bond acceptors (Lipinski definition) is 7. The van der Waals surface area contributed by atoms with Gasteiger partial charge in [0.2, 0.25) is 0 Å². The molecule has 1 amide bonds. The summed E-state index contributed by atoms with van der Waals surface area (Å²) in [6.45, 7) is 1.69. The molecule has 31 heavy (non-hydrogen) atoms. The van der Waals surface area contributed by atoms with Crippen molar-refractivity contribution in [3.8, 4) is 5.69 Å². The highest BCUT2D eigenvalue weighted by Crippen LogP contribution is 2.24. The van der Waals surface area contributed by atoms with Crippen LogP contribution < -0.4 is 5.43 Å². The quantitative estimate of drug-likeness (QED) is 0.331. The van der Waals surface area contributed by atoms with Gasteiger partial charge in [0.05, 0.1) is 44.6 Å². The zero-order valence-electron chi connectivity index (χ0n) is 15.7. The summed E-state index contributed by atoms with van der Waals surface area (Å²) in [5.41, 5.74) is 2.28. The lowest BCUT2D eigenvalue weighted by atomic mass is 10.1. The first-order chi connectivity index (χ1) is 14.7. The number of halogens is 2. The molecule has 3 aromatic rings. The van der Waals surface area contributed by atoms with Gasteiger partial charge in [0.25, 0.3) is 17.3 Å². The minimum Gasteiger partial charge on any atom is -0.267 e. The highest BCUT2D eigenvalue weighted by Gasteiger charge is 2.20. The van der Waals surface area contributed by atoms with E-state index in [0.29, 0.717) is 22.0 Å². The van der Waals surface area contributed by atoms with Crippen molar-refractivity contribution in [2.75, 3.05) is 0 Å². The highest BCUT2D eigenvalue weighted by molar-refractivity contribution is 6.32. The Morgan fingerprint density at radius 1 is 1.10 bits per heavy atom. The fraction of sp³-hybridized carbons (Fsp3) is 0.0556. The number of amides is 1. The number of non-ortho nitro benzene ring substituents is 2. The van der Waals surface area contributed by atoms with Gasteiger partial charge in [0, 0.05) is 17.2 Å². The number of hydrogen-bond donors (Lipinski definition) is 1. The Bertz CT molecular complexity index is 1190. The molecule has 0 atom stereocenters. The molecule has 0 aliphatic carbocycles. The predicted octanol–water partition coefficient (Wildman–Crippen LogP) is 4.07. The van der Waals surface area contributed by atoms with Gasteiger partial charge in [-0.15, -0.1) is 0 Å². The first-order valence-corrected chi connectivity index (χ1v) is 9.21. The summed E-state index contributed by atoms with van der Waals surface area (Å²) in [4.78, 5) is 32.5. The van der Waals surface area contributed by atoms with E-state index in [1.165, 1.54) is 10.9 Å². The second kappa shape index (κ2) is 8.90. The van der Waals surface area contributed by atoms with Crippen molar-refractivity contribution in [1.29, 1.82) is 0 Å². The molecule has 0 fully saturated rings. The molecule has 1 N–H and O–H groups in total. The molecule has 1 heterocycles. The number of rotatable bonds is 6. The molecule has 1 aromatic heterocycles. The van der Waals surface area contributed by atoms with Crippen LogP contribution in [0.5, 0.6) is 0 Å². The van der Waals surface area contributed by atoms with Crippen LogP contribution >= 0.6 is 23.2 Å². The topological polar surface area (TPSA) is 146 Å². The Kier molecular flexibility index (Phi) is 6.28. The fourth-order valence-electron chi connectivity index (χ4n) is 2.57. The third-order valence-electron chi connectivity index (χ3n) is 4.07. The van der Waals surface area contributed by atoms with Gasteiger partial charge in [-0.2, -0.15) is 10.2 Å². The van der Waals surface area contributed by atoms with Gasteiger partial charge in [-0.3, -0.25) is 25.0 Å². The van der Waals surface area contributed by atoms with Crippen LogP contribution in [0, 0.1) is 27.2 Å². The number of nitrogens with one attached hydrogen (secondary N) is 1. The van der Waals surface area contributed by atoms with Gasteiger partial charge >= 0.3 is 0 Å². The fourth-order valence-corrected chi connectivity index (χ4v) is 3.02. The van der Waals surface area contributed by atoms with Crippen LogP contribution in [0.1, 0.15) is 21.6 Å². The van der Waals surface area contributed by atoms with Gasteiger partial charge < -0.3 is 0 Å². The van der Waals surface area contributed by atoms with Crippen molar-refractivity contribution in [3.63, 3.8) is 0 Å². The van der Waals surface area contributed by atoms with Gasteiger partial charge in [0.1, 0.15) is 5.15 Å². The minimum atomic E-state index is -0.873. The number of nitro groups is 2. The van der Waals surface area contributed by atoms with Crippen LogP contribution in [0.3, 0.4) is 0 Å². The smallest absolute Gasteiger partial charge is 0.267 e. The molecular formula is C18H12Cl2N6O5. The zero-order chi connectivity index (χ0) is 22.7. The van der Waals surface area contributed by atoms with Crippen LogP contribution in [0.2, 0.25) is 10.2 Å². The van der Waals surface area contributed by atoms with E-state index >= 15 is 0 Å². The third-order valence-corrected chi connectivity index (χ3v) is 4.68. The largest absolute Gasteiger partial charge is 0.277 e. The Hall–Kier alpha value is -3.83. The number of carbonyl (C=O) groups excluding carboxylic acids is 1. The van der Waals surface area contributed by atoms with Gasteiger partial charge in [-0.1, -0.05) is 23.2 Å². The number of aromatic nitrogens is 2. The number of carbonyl (C=O) groups is 1. The maximum absolute atomic E-state index is 12.3. The summed E-state index contributed by atoms with van der Waals surface area (Å²) in [5.74, 6) is -0.873. The molecule has 0 bridgehead atoms. The predicted molar refractivity (Wildman–Crippen MR) is 113 cm³/mol. The van der Waals surface area contributed by atoms with Gasteiger partial charge in [-0.25, -0.2) is 10.1 Å². The van der Waals surface area contributed by atoms with Crippen molar-refractivity contribution in [2.45, 2.75) is 6.92 Å². The minimum absolute atomic E-state index is 0.226. The second-order valence-electron chi connectivity index (χ2n) is 6.13. The van der Waals surface area contributed by atoms with Crippen molar-refractivity contribution < 1.29 is 14.6 Å². The van der Waals surface area contributed by atoms with Crippen LogP contribution in [-0.4, -0.2) is 31.7 Å². The number of hydrazone groups is 1. The number of nitro benzene ring substituents is 2. The van der Waals surface area contributed by atoms with Crippen molar-refractivity contribution in [1.82, 2.24) is 15.2 Å². The van der Waals surface area contributed by atoms with Crippen LogP contribution in [0.4, 0.5) is 11.4 Å². The van der Waals surface area contributed by atoms with Gasteiger partial charge in [0.15, 0.2) is 0 Å². The van der Waals surface area contributed by atoms with E-state index in [9.17, 15) is 25.0 Å². The van der Waals surface area contributed by atoms with E-state index in [1.807, 2.05) is 0 Å². The third kappa shape index (κ3) is 4.85. The summed E-state index contributed by atoms with van der Waals surface area (Å²) < 4.78 is 1.46. The molecule has 0 radical (unpaired) electrons. The van der Waals surface area contributed by atoms with Crippen molar-refractivity contribution in [2.24, 2.45) is 5.10 Å². The molecule has 0 unspecified atom stereocenters. The van der Waals surface area contributed by atoms with E-state index in [2.05, 4.69) is 15.6 Å². The molecule has 0 aliphatic heterocycles. The monoisotopic (exact) mass is 462 g/mol. The molecule has 0 saturated carbocycles. The summed E-state index contributed by atoms with van der Waals surface area (Å²) in [6.07, 6.45) is 1.25. The molecular weight excluding hydrogens is 451 g/mol. The lowest BCUT2D eigenvalue weighted by Crippen LogP contribution is -2.18. The molecule has 0 aliphatic rings. The summed E-state index contributed by atoms with van der Waals surface area (Å²) in [7, 11) is 0. The highest BCUT2D eigenvalue weighted by atomic mass is 35.5. The lowest BCUT2D eigenvalue weighted by molar-refractivity contribution is -0.394. The Balaban J connectivity index is 1.83. The van der Waals surface area contributed by atoms with E-state index in [-0.39, 0.29) is 10.7 Å². The number of aryl methyl sites for hydroxylation is 1. The van der Waals surface area contributed by atoms with E-state index in [0.717, 1.165) is 18.2 Å². The van der Waals surface area contributed by atoms with Crippen LogP contribution in [0.15, 0.2) is 47.6 Å². The Morgan fingerprint density at radius 2 is 1.68 bits per heavy atom. The summed E-state index contributed by atoms with van der Waals surface area (Å²) in [5, 5.41) is 30.8. The first kappa shape index (κ1) is 21.9. The average Bonchev–Trinajstić information content (AvgIpc) is 3.02. The van der Waals surface area contributed by atoms with E-state index in [1.54, 1.807) is 31.2 Å². The molecule has 13 heteroatoms. The molecule has 0 saturated heterocycles. The Labute approximate surface area is 184 Å². The first-order valence-electron chi connectivity index (χ1n) is 8.45. The SMILES string of the molecule is Cc1nn(-c2ccc(Cl)cc2)c(Cl)c1C=NNC(=O)c1cc([N+](=O)[O-])cc([N+](=O)[O-])c1. The number of benzene rings is 2. The molecule has 158 valence electrons. The molecule has 3 rings (SSSR count). The Morgan fingerprint density at radius 3 is 2.23 bits per heavy atom. The second-order valence-corrected chi connectivity index (χ2v) is 6.92. The van der Waals surface area contributed by atoms with E-state index < -0.39 is 27.1 Å². The summed E-state index contributed by atoms with van der Waals surface area (Å²) in [6, 6.07) is 9.38. The average molecular weight is 463 g/mol. The standard InChI is InChI=1S/C18H12Cl2N6O5/c1-10-16(17(20)24(23-10)13-4-2-12(19)3-5-13)9-21-22-18(27)11-6-14(25(28)29)8-15(7-11)26(30)31/h2-9H,1H3,(H,22,27). The molecule has 11 nitrogen and oxygen atoms in total. The van der Waals surface area contributed by atoms with Crippen LogP contribution in [-0.2, 0) is 0 Å². The normalized spacial score (nSPS) is 10.9. The molecule has 2 aromatic carbocycles. The van der Waals surface area contributed by atoms with Crippen LogP contribution in [0.25, 0.3) is 5.69 Å². The van der Waals surface area contributed by atoms with Crippen molar-refractivity contribution >= 4 is 46.7 Å². The van der Waals surface area contributed by atoms with Crippen molar-refractivity contribution in [3.05, 3.63) is 89.7 Å². The maximum atomic E-state index is 12.3. The van der Waals surface area contributed by atoms with Gasteiger partial charge in [-0.05, 0) is 31.2 Å². The summed E-state index contributed by atoms with van der Waals surface area (Å²) >= 11 is 12.2. The molecule has 0 spiro atoms. The zero-order valence-corrected chi connectivity index (χ0v) is 17.2.